The fourth-order valence-corrected chi connectivity index (χ4v) is 2.94. The molecule has 1 aromatic carbocycles. The summed E-state index contributed by atoms with van der Waals surface area (Å²) in [4.78, 5) is 11.7. The summed E-state index contributed by atoms with van der Waals surface area (Å²) in [5.41, 5.74) is 0.296. The molecular formula is C12H17FNO4P. The molecule has 1 amide bonds. The van der Waals surface area contributed by atoms with Crippen molar-refractivity contribution in [2.24, 2.45) is 0 Å². The second-order valence-corrected chi connectivity index (χ2v) is 5.72. The van der Waals surface area contributed by atoms with E-state index in [0.29, 0.717) is 5.69 Å². The largest absolute Gasteiger partial charge is 0.340 e. The Morgan fingerprint density at radius 3 is 2.47 bits per heavy atom. The number of benzene rings is 1. The minimum Gasteiger partial charge on any atom is -0.325 e. The molecule has 0 aliphatic carbocycles. The van der Waals surface area contributed by atoms with Crippen LogP contribution in [-0.2, 0) is 18.4 Å². The maximum Gasteiger partial charge on any atom is 0.340 e. The lowest BCUT2D eigenvalue weighted by atomic mass is 10.3. The number of carbonyl (C=O) groups is 1. The molecule has 7 heteroatoms. The van der Waals surface area contributed by atoms with Crippen molar-refractivity contribution in [2.75, 3.05) is 24.7 Å². The van der Waals surface area contributed by atoms with E-state index < -0.39 is 25.5 Å². The van der Waals surface area contributed by atoms with Crippen LogP contribution in [0.4, 0.5) is 10.1 Å². The summed E-state index contributed by atoms with van der Waals surface area (Å²) < 4.78 is 35.0. The van der Waals surface area contributed by atoms with Crippen molar-refractivity contribution in [3.05, 3.63) is 30.1 Å². The van der Waals surface area contributed by atoms with Crippen LogP contribution < -0.4 is 5.32 Å². The zero-order valence-corrected chi connectivity index (χ0v) is 11.8. The van der Waals surface area contributed by atoms with Gasteiger partial charge >= 0.3 is 7.60 Å². The number of rotatable bonds is 7. The van der Waals surface area contributed by atoms with Gasteiger partial charge in [0.15, 0.2) is 0 Å². The first kappa shape index (κ1) is 15.8. The van der Waals surface area contributed by atoms with E-state index in [1.807, 2.05) is 0 Å². The van der Waals surface area contributed by atoms with Crippen LogP contribution in [0.25, 0.3) is 0 Å². The predicted molar refractivity (Wildman–Crippen MR) is 70.8 cm³/mol. The van der Waals surface area contributed by atoms with Gasteiger partial charge in [-0.3, -0.25) is 9.36 Å². The molecule has 0 aliphatic heterocycles. The summed E-state index contributed by atoms with van der Waals surface area (Å²) in [5.74, 6) is -1.01. The highest BCUT2D eigenvalue weighted by molar-refractivity contribution is 7.54. The van der Waals surface area contributed by atoms with Gasteiger partial charge in [-0.05, 0) is 32.0 Å². The number of amides is 1. The number of carbonyl (C=O) groups excluding carboxylic acids is 1. The highest BCUT2D eigenvalue weighted by Gasteiger charge is 2.27. The van der Waals surface area contributed by atoms with Gasteiger partial charge in [0.05, 0.1) is 13.2 Å². The van der Waals surface area contributed by atoms with E-state index in [4.69, 9.17) is 9.05 Å². The minimum absolute atomic E-state index is 0.185. The first-order chi connectivity index (χ1) is 8.99. The molecule has 106 valence electrons. The molecule has 1 aromatic rings. The average Bonchev–Trinajstić information content (AvgIpc) is 2.28. The topological polar surface area (TPSA) is 64.6 Å². The van der Waals surface area contributed by atoms with E-state index in [1.165, 1.54) is 24.3 Å². The quantitative estimate of drug-likeness (QED) is 0.784. The van der Waals surface area contributed by atoms with E-state index in [1.54, 1.807) is 13.8 Å². The van der Waals surface area contributed by atoms with Gasteiger partial charge in [-0.25, -0.2) is 4.39 Å². The van der Waals surface area contributed by atoms with Gasteiger partial charge in [-0.1, -0.05) is 6.07 Å². The molecule has 0 aliphatic rings. The first-order valence-electron chi connectivity index (χ1n) is 5.92. The van der Waals surface area contributed by atoms with E-state index >= 15 is 0 Å². The molecule has 0 fully saturated rings. The van der Waals surface area contributed by atoms with Gasteiger partial charge in [-0.2, -0.15) is 0 Å². The van der Waals surface area contributed by atoms with Crippen molar-refractivity contribution < 1.29 is 22.8 Å². The fourth-order valence-electron chi connectivity index (χ4n) is 1.46. The van der Waals surface area contributed by atoms with Crippen molar-refractivity contribution in [3.8, 4) is 0 Å². The van der Waals surface area contributed by atoms with Gasteiger partial charge in [0.2, 0.25) is 5.91 Å². The lowest BCUT2D eigenvalue weighted by Crippen LogP contribution is -2.18. The van der Waals surface area contributed by atoms with Gasteiger partial charge in [0.25, 0.3) is 0 Å². The van der Waals surface area contributed by atoms with E-state index in [-0.39, 0.29) is 13.2 Å². The van der Waals surface area contributed by atoms with Gasteiger partial charge < -0.3 is 14.4 Å². The van der Waals surface area contributed by atoms with Crippen LogP contribution in [0.3, 0.4) is 0 Å². The molecule has 1 N–H and O–H groups in total. The number of hydrogen-bond acceptors (Lipinski definition) is 4. The molecule has 5 nitrogen and oxygen atoms in total. The molecule has 0 unspecified atom stereocenters. The Bertz CT molecular complexity index is 471. The number of anilines is 1. The molecule has 0 saturated heterocycles. The summed E-state index contributed by atoms with van der Waals surface area (Å²) in [5, 5.41) is 2.44. The normalized spacial score (nSPS) is 11.3. The molecule has 19 heavy (non-hydrogen) atoms. The molecule has 0 spiro atoms. The summed E-state index contributed by atoms with van der Waals surface area (Å²) in [6.45, 7) is 3.70. The molecule has 0 saturated carbocycles. The molecule has 0 atom stereocenters. The van der Waals surface area contributed by atoms with Crippen molar-refractivity contribution >= 4 is 19.2 Å². The van der Waals surface area contributed by atoms with Crippen LogP contribution >= 0.6 is 7.60 Å². The van der Waals surface area contributed by atoms with E-state index in [9.17, 15) is 13.8 Å². The molecule has 1 rings (SSSR count). The maximum atomic E-state index is 12.9. The second kappa shape index (κ2) is 7.38. The number of hydrogen-bond donors (Lipinski definition) is 1. The van der Waals surface area contributed by atoms with Crippen LogP contribution in [0.1, 0.15) is 13.8 Å². The standard InChI is InChI=1S/C12H17FNO4P/c1-3-17-19(16,18-4-2)9-12(15)14-11-7-5-6-10(13)8-11/h5-8H,3-4,9H2,1-2H3,(H,14,15). The Hall–Kier alpha value is -1.23. The molecule has 0 bridgehead atoms. The van der Waals surface area contributed by atoms with Crippen molar-refractivity contribution in [3.63, 3.8) is 0 Å². The average molecular weight is 289 g/mol. The smallest absolute Gasteiger partial charge is 0.325 e. The van der Waals surface area contributed by atoms with Gasteiger partial charge in [-0.15, -0.1) is 0 Å². The summed E-state index contributed by atoms with van der Waals surface area (Å²) in [6, 6.07) is 5.44. The maximum absolute atomic E-state index is 12.9. The molecule has 0 radical (unpaired) electrons. The van der Waals surface area contributed by atoms with Crippen molar-refractivity contribution in [2.45, 2.75) is 13.8 Å². The Kier molecular flexibility index (Phi) is 6.15. The molecular weight excluding hydrogens is 272 g/mol. The van der Waals surface area contributed by atoms with Crippen molar-refractivity contribution in [1.29, 1.82) is 0 Å². The monoisotopic (exact) mass is 289 g/mol. The number of nitrogens with one attached hydrogen (secondary N) is 1. The fraction of sp³-hybridized carbons (Fsp3) is 0.417. The SMILES string of the molecule is CCOP(=O)(CC(=O)Nc1cccc(F)c1)OCC. The zero-order valence-electron chi connectivity index (χ0n) is 10.9. The lowest BCUT2D eigenvalue weighted by molar-refractivity contribution is -0.114. The Labute approximate surface area is 111 Å². The molecule has 0 heterocycles. The van der Waals surface area contributed by atoms with Crippen molar-refractivity contribution in [1.82, 2.24) is 0 Å². The Morgan fingerprint density at radius 1 is 1.32 bits per heavy atom. The Balaban J connectivity index is 2.65. The van der Waals surface area contributed by atoms with Gasteiger partial charge in [0, 0.05) is 5.69 Å². The summed E-state index contributed by atoms with van der Waals surface area (Å²) in [7, 11) is -3.43. The highest BCUT2D eigenvalue weighted by Crippen LogP contribution is 2.47. The van der Waals surface area contributed by atoms with Crippen LogP contribution in [-0.4, -0.2) is 25.3 Å². The van der Waals surface area contributed by atoms with Crippen LogP contribution in [0.5, 0.6) is 0 Å². The zero-order chi connectivity index (χ0) is 14.3. The second-order valence-electron chi connectivity index (χ2n) is 3.66. The highest BCUT2D eigenvalue weighted by atomic mass is 31.2. The van der Waals surface area contributed by atoms with Crippen LogP contribution in [0, 0.1) is 5.82 Å². The predicted octanol–water partition coefficient (Wildman–Crippen LogP) is 3.03. The van der Waals surface area contributed by atoms with E-state index in [0.717, 1.165) is 0 Å². The third kappa shape index (κ3) is 5.51. The minimum atomic E-state index is -3.43. The van der Waals surface area contributed by atoms with Crippen LogP contribution in [0.15, 0.2) is 24.3 Å². The van der Waals surface area contributed by atoms with Gasteiger partial charge in [0.1, 0.15) is 12.0 Å². The molecule has 0 aromatic heterocycles. The van der Waals surface area contributed by atoms with Crippen LogP contribution in [0.2, 0.25) is 0 Å². The third-order valence-corrected chi connectivity index (χ3v) is 4.07. The Morgan fingerprint density at radius 2 is 1.95 bits per heavy atom. The summed E-state index contributed by atoms with van der Waals surface area (Å²) in [6.07, 6.45) is -0.398. The van der Waals surface area contributed by atoms with E-state index in [2.05, 4.69) is 5.32 Å². The first-order valence-corrected chi connectivity index (χ1v) is 7.65. The summed E-state index contributed by atoms with van der Waals surface area (Å²) >= 11 is 0. The number of halogens is 1. The lowest BCUT2D eigenvalue weighted by Gasteiger charge is -2.16. The third-order valence-electron chi connectivity index (χ3n) is 2.10.